The third-order valence-corrected chi connectivity index (χ3v) is 2.67. The van der Waals surface area contributed by atoms with Crippen LogP contribution in [0.1, 0.15) is 18.7 Å². The zero-order valence-corrected chi connectivity index (χ0v) is 10.5. The SMILES string of the molecule is CC(c1cnnn1CC(F)(F)F)n1cc([N+](=O)[O-])c(F)n1. The third-order valence-electron chi connectivity index (χ3n) is 2.67. The van der Waals surface area contributed by atoms with Gasteiger partial charge in [0, 0.05) is 0 Å². The van der Waals surface area contributed by atoms with E-state index in [4.69, 9.17) is 0 Å². The van der Waals surface area contributed by atoms with E-state index in [9.17, 15) is 27.7 Å². The topological polar surface area (TPSA) is 91.7 Å². The molecule has 0 aliphatic carbocycles. The molecule has 8 nitrogen and oxygen atoms in total. The van der Waals surface area contributed by atoms with Crippen molar-refractivity contribution >= 4 is 5.69 Å². The first-order valence-electron chi connectivity index (χ1n) is 5.53. The maximum atomic E-state index is 13.2. The smallest absolute Gasteiger partial charge is 0.258 e. The quantitative estimate of drug-likeness (QED) is 0.487. The Morgan fingerprint density at radius 3 is 2.67 bits per heavy atom. The molecule has 0 N–H and O–H groups in total. The summed E-state index contributed by atoms with van der Waals surface area (Å²) in [5.74, 6) is -1.32. The van der Waals surface area contributed by atoms with Crippen molar-refractivity contribution in [2.75, 3.05) is 0 Å². The highest BCUT2D eigenvalue weighted by atomic mass is 19.4. The molecule has 2 aromatic heterocycles. The van der Waals surface area contributed by atoms with Gasteiger partial charge in [0.25, 0.3) is 0 Å². The number of nitro groups is 1. The van der Waals surface area contributed by atoms with Crippen molar-refractivity contribution in [2.45, 2.75) is 25.7 Å². The summed E-state index contributed by atoms with van der Waals surface area (Å²) in [5.41, 5.74) is -0.874. The van der Waals surface area contributed by atoms with Crippen LogP contribution in [-0.4, -0.2) is 35.9 Å². The summed E-state index contributed by atoms with van der Waals surface area (Å²) in [6.45, 7) is 0.0141. The van der Waals surface area contributed by atoms with Crippen LogP contribution in [0.3, 0.4) is 0 Å². The summed E-state index contributed by atoms with van der Waals surface area (Å²) in [6, 6.07) is -0.912. The molecule has 0 fully saturated rings. The number of hydrogen-bond acceptors (Lipinski definition) is 5. The lowest BCUT2D eigenvalue weighted by atomic mass is 10.2. The van der Waals surface area contributed by atoms with E-state index >= 15 is 0 Å². The van der Waals surface area contributed by atoms with Crippen LogP contribution in [-0.2, 0) is 6.54 Å². The Hall–Kier alpha value is -2.53. The summed E-state index contributed by atoms with van der Waals surface area (Å²) in [6.07, 6.45) is -2.66. The Labute approximate surface area is 114 Å². The molecule has 0 amide bonds. The Morgan fingerprint density at radius 2 is 2.14 bits per heavy atom. The Kier molecular flexibility index (Phi) is 3.61. The summed E-state index contributed by atoms with van der Waals surface area (Å²) in [5, 5.41) is 20.5. The van der Waals surface area contributed by atoms with E-state index in [1.807, 2.05) is 0 Å². The highest BCUT2D eigenvalue weighted by Gasteiger charge is 2.31. The molecule has 2 aromatic rings. The van der Waals surface area contributed by atoms with Gasteiger partial charge in [-0.2, -0.15) is 17.6 Å². The molecule has 0 aromatic carbocycles. The molecule has 0 saturated carbocycles. The predicted octanol–water partition coefficient (Wildman–Crippen LogP) is 1.69. The van der Waals surface area contributed by atoms with Gasteiger partial charge < -0.3 is 0 Å². The first-order chi connectivity index (χ1) is 9.69. The molecule has 2 rings (SSSR count). The average molecular weight is 308 g/mol. The maximum Gasteiger partial charge on any atom is 0.408 e. The first kappa shape index (κ1) is 14.9. The van der Waals surface area contributed by atoms with Gasteiger partial charge in [0.1, 0.15) is 12.7 Å². The second kappa shape index (κ2) is 5.10. The fourth-order valence-electron chi connectivity index (χ4n) is 1.70. The molecule has 0 radical (unpaired) electrons. The second-order valence-corrected chi connectivity index (χ2v) is 4.15. The van der Waals surface area contributed by atoms with Crippen LogP contribution in [0.15, 0.2) is 12.4 Å². The fourth-order valence-corrected chi connectivity index (χ4v) is 1.70. The predicted molar refractivity (Wildman–Crippen MR) is 58.7 cm³/mol. The van der Waals surface area contributed by atoms with Crippen LogP contribution in [0.2, 0.25) is 0 Å². The van der Waals surface area contributed by atoms with Gasteiger partial charge >= 0.3 is 17.8 Å². The minimum absolute atomic E-state index is 0.00952. The van der Waals surface area contributed by atoms with Gasteiger partial charge in [-0.15, -0.1) is 10.2 Å². The molecule has 21 heavy (non-hydrogen) atoms. The van der Waals surface area contributed by atoms with Crippen LogP contribution >= 0.6 is 0 Å². The molecular formula is C9H8F4N6O2. The average Bonchev–Trinajstić information content (AvgIpc) is 2.92. The Bertz CT molecular complexity index is 663. The summed E-state index contributed by atoms with van der Waals surface area (Å²) in [7, 11) is 0. The highest BCUT2D eigenvalue weighted by molar-refractivity contribution is 5.24. The molecule has 1 unspecified atom stereocenters. The van der Waals surface area contributed by atoms with Gasteiger partial charge in [-0.25, -0.2) is 4.68 Å². The minimum atomic E-state index is -4.51. The van der Waals surface area contributed by atoms with Gasteiger partial charge in [-0.1, -0.05) is 5.21 Å². The summed E-state index contributed by atoms with van der Waals surface area (Å²) < 4.78 is 51.8. The summed E-state index contributed by atoms with van der Waals surface area (Å²) >= 11 is 0. The van der Waals surface area contributed by atoms with E-state index in [0.29, 0.717) is 4.68 Å². The molecule has 0 saturated heterocycles. The zero-order valence-electron chi connectivity index (χ0n) is 10.5. The van der Waals surface area contributed by atoms with Crippen molar-refractivity contribution in [2.24, 2.45) is 0 Å². The van der Waals surface area contributed by atoms with E-state index in [1.54, 1.807) is 0 Å². The van der Waals surface area contributed by atoms with Gasteiger partial charge in [0.2, 0.25) is 0 Å². The van der Waals surface area contributed by atoms with Crippen molar-refractivity contribution in [3.8, 4) is 0 Å². The molecule has 0 spiro atoms. The maximum absolute atomic E-state index is 13.2. The lowest BCUT2D eigenvalue weighted by Crippen LogP contribution is -2.22. The van der Waals surface area contributed by atoms with E-state index in [2.05, 4.69) is 15.4 Å². The van der Waals surface area contributed by atoms with Gasteiger partial charge in [-0.05, 0) is 6.92 Å². The minimum Gasteiger partial charge on any atom is -0.258 e. The fraction of sp³-hybridized carbons (Fsp3) is 0.444. The lowest BCUT2D eigenvalue weighted by Gasteiger charge is -2.14. The van der Waals surface area contributed by atoms with Crippen LogP contribution in [0.4, 0.5) is 23.2 Å². The van der Waals surface area contributed by atoms with Gasteiger partial charge in [-0.3, -0.25) is 14.8 Å². The highest BCUT2D eigenvalue weighted by Crippen LogP contribution is 2.24. The number of halogens is 4. The molecule has 0 bridgehead atoms. The van der Waals surface area contributed by atoms with Crippen molar-refractivity contribution in [1.82, 2.24) is 24.8 Å². The van der Waals surface area contributed by atoms with Crippen LogP contribution in [0, 0.1) is 16.1 Å². The third kappa shape index (κ3) is 3.14. The van der Waals surface area contributed by atoms with Crippen molar-refractivity contribution < 1.29 is 22.5 Å². The first-order valence-corrected chi connectivity index (χ1v) is 5.53. The number of aromatic nitrogens is 5. The normalized spacial score (nSPS) is 13.4. The number of hydrogen-bond donors (Lipinski definition) is 0. The molecule has 0 aliphatic rings. The number of rotatable bonds is 4. The van der Waals surface area contributed by atoms with E-state index in [0.717, 1.165) is 17.1 Å². The molecular weight excluding hydrogens is 300 g/mol. The van der Waals surface area contributed by atoms with E-state index in [1.165, 1.54) is 6.92 Å². The molecule has 114 valence electrons. The van der Waals surface area contributed by atoms with Crippen LogP contribution in [0.5, 0.6) is 0 Å². The largest absolute Gasteiger partial charge is 0.408 e. The molecule has 2 heterocycles. The van der Waals surface area contributed by atoms with Crippen molar-refractivity contribution in [3.05, 3.63) is 34.1 Å². The van der Waals surface area contributed by atoms with Crippen molar-refractivity contribution in [3.63, 3.8) is 0 Å². The zero-order chi connectivity index (χ0) is 15.8. The van der Waals surface area contributed by atoms with Crippen LogP contribution < -0.4 is 0 Å². The van der Waals surface area contributed by atoms with Gasteiger partial charge in [0.05, 0.1) is 22.9 Å². The molecule has 0 aliphatic heterocycles. The molecule has 1 atom stereocenters. The lowest BCUT2D eigenvalue weighted by molar-refractivity contribution is -0.387. The molecule has 12 heteroatoms. The number of alkyl halides is 3. The Morgan fingerprint density at radius 1 is 1.48 bits per heavy atom. The van der Waals surface area contributed by atoms with Crippen molar-refractivity contribution in [1.29, 1.82) is 0 Å². The monoisotopic (exact) mass is 308 g/mol. The summed E-state index contributed by atoms with van der Waals surface area (Å²) in [4.78, 5) is 9.56. The van der Waals surface area contributed by atoms with E-state index in [-0.39, 0.29) is 5.69 Å². The van der Waals surface area contributed by atoms with Gasteiger partial charge in [0.15, 0.2) is 0 Å². The number of nitrogens with zero attached hydrogens (tertiary/aromatic N) is 6. The standard InChI is InChI=1S/C9H8F4N6O2/c1-5(17-3-7(19(20)21)8(10)15-17)6-2-14-16-18(6)4-9(11,12)13/h2-3,5H,4H2,1H3. The second-order valence-electron chi connectivity index (χ2n) is 4.15. The van der Waals surface area contributed by atoms with E-state index < -0.39 is 35.3 Å². The Balaban J connectivity index is 2.33. The van der Waals surface area contributed by atoms with Crippen LogP contribution in [0.25, 0.3) is 0 Å².